The first-order valence-electron chi connectivity index (χ1n) is 11.1. The molecular weight excluding hydrogens is 518 g/mol. The van der Waals surface area contributed by atoms with Gasteiger partial charge >= 0.3 is 0 Å². The Morgan fingerprint density at radius 1 is 0.892 bits per heavy atom. The second-order valence-corrected chi connectivity index (χ2v) is 11.6. The predicted octanol–water partition coefficient (Wildman–Crippen LogP) is 3.49. The minimum absolute atomic E-state index is 0.0295. The second-order valence-electron chi connectivity index (χ2n) is 8.01. The maximum atomic E-state index is 12.7. The number of sulfonamides is 2. The molecule has 3 rings (SSSR count). The summed E-state index contributed by atoms with van der Waals surface area (Å²) in [5, 5.41) is 2.56. The molecule has 0 aromatic heterocycles. The largest absolute Gasteiger partial charge is 0.494 e. The molecule has 0 spiro atoms. The topological polar surface area (TPSA) is 139 Å². The number of nitrogens with zero attached hydrogens (tertiary/aromatic N) is 1. The molecule has 0 radical (unpaired) electrons. The average Bonchev–Trinajstić information content (AvgIpc) is 2.83. The number of nitrogens with one attached hydrogen (secondary N) is 2. The Balaban J connectivity index is 1.70. The van der Waals surface area contributed by atoms with Gasteiger partial charge in [0.1, 0.15) is 12.3 Å². The van der Waals surface area contributed by atoms with Crippen LogP contribution in [0.2, 0.25) is 0 Å². The highest BCUT2D eigenvalue weighted by Gasteiger charge is 2.22. The van der Waals surface area contributed by atoms with Crippen LogP contribution in [0, 0.1) is 0 Å². The third kappa shape index (κ3) is 7.54. The van der Waals surface area contributed by atoms with Crippen molar-refractivity contribution in [3.63, 3.8) is 0 Å². The van der Waals surface area contributed by atoms with E-state index in [-0.39, 0.29) is 22.1 Å². The highest BCUT2D eigenvalue weighted by molar-refractivity contribution is 7.92. The Labute approximate surface area is 216 Å². The summed E-state index contributed by atoms with van der Waals surface area (Å²) in [7, 11) is -7.73. The van der Waals surface area contributed by atoms with Crippen LogP contribution in [0.5, 0.6) is 5.75 Å². The van der Waals surface area contributed by atoms with E-state index < -0.39 is 32.5 Å². The number of carbonyl (C=O) groups is 2. The summed E-state index contributed by atoms with van der Waals surface area (Å²) in [4.78, 5) is 24.3. The smallest absolute Gasteiger partial charge is 0.261 e. The normalized spacial score (nSPS) is 11.4. The molecule has 12 heteroatoms. The monoisotopic (exact) mass is 545 g/mol. The van der Waals surface area contributed by atoms with Gasteiger partial charge in [-0.1, -0.05) is 12.1 Å². The quantitative estimate of drug-likeness (QED) is 0.352. The lowest BCUT2D eigenvalue weighted by Crippen LogP contribution is -2.37. The Morgan fingerprint density at radius 3 is 2.08 bits per heavy atom. The molecule has 0 fully saturated rings. The number of rotatable bonds is 11. The molecule has 0 aliphatic carbocycles. The number of ketones is 1. The molecule has 196 valence electrons. The number of amides is 1. The number of benzene rings is 3. The van der Waals surface area contributed by atoms with Crippen LogP contribution < -0.4 is 19.1 Å². The van der Waals surface area contributed by atoms with Gasteiger partial charge in [-0.2, -0.15) is 0 Å². The molecule has 0 unspecified atom stereocenters. The number of carbonyl (C=O) groups excluding carboxylic acids is 2. The lowest BCUT2D eigenvalue weighted by atomic mass is 10.1. The van der Waals surface area contributed by atoms with E-state index in [1.54, 1.807) is 30.3 Å². The van der Waals surface area contributed by atoms with Crippen LogP contribution >= 0.6 is 0 Å². The molecule has 0 aliphatic heterocycles. The van der Waals surface area contributed by atoms with Crippen molar-refractivity contribution in [3.8, 4) is 5.75 Å². The zero-order chi connectivity index (χ0) is 27.2. The van der Waals surface area contributed by atoms with E-state index in [9.17, 15) is 26.4 Å². The van der Waals surface area contributed by atoms with Gasteiger partial charge in [0.15, 0.2) is 5.78 Å². The van der Waals surface area contributed by atoms with Crippen molar-refractivity contribution in [1.82, 2.24) is 0 Å². The van der Waals surface area contributed by atoms with Crippen molar-refractivity contribution in [2.75, 3.05) is 33.8 Å². The molecule has 37 heavy (non-hydrogen) atoms. The standard InChI is InChI=1S/C25H27N3O7S2/c1-4-35-23-12-8-21(9-13-23)27-37(33,34)24-14-10-20(11-15-24)26-25(30)17-28(36(3,31)32)22-7-5-6-19(16-22)18(2)29/h5-16,27H,4,17H2,1-3H3,(H,26,30). The zero-order valence-corrected chi connectivity index (χ0v) is 22.1. The van der Waals surface area contributed by atoms with Crippen LogP contribution in [0.1, 0.15) is 24.2 Å². The Morgan fingerprint density at radius 2 is 1.51 bits per heavy atom. The molecule has 2 N–H and O–H groups in total. The molecule has 3 aromatic carbocycles. The van der Waals surface area contributed by atoms with Crippen molar-refractivity contribution < 1.29 is 31.2 Å². The third-order valence-corrected chi connectivity index (χ3v) is 7.63. The maximum Gasteiger partial charge on any atom is 0.261 e. The molecule has 0 bridgehead atoms. The van der Waals surface area contributed by atoms with Gasteiger partial charge in [-0.15, -0.1) is 0 Å². The number of hydrogen-bond acceptors (Lipinski definition) is 7. The summed E-state index contributed by atoms with van der Waals surface area (Å²) in [6.45, 7) is 3.15. The predicted molar refractivity (Wildman–Crippen MR) is 142 cm³/mol. The first kappa shape index (κ1) is 27.7. The molecule has 0 heterocycles. The maximum absolute atomic E-state index is 12.7. The van der Waals surface area contributed by atoms with Crippen molar-refractivity contribution in [2.45, 2.75) is 18.7 Å². The van der Waals surface area contributed by atoms with Crippen LogP contribution in [-0.2, 0) is 24.8 Å². The first-order valence-corrected chi connectivity index (χ1v) is 14.5. The number of ether oxygens (including phenoxy) is 1. The van der Waals surface area contributed by atoms with Crippen LogP contribution in [0.3, 0.4) is 0 Å². The van der Waals surface area contributed by atoms with Gasteiger partial charge in [0, 0.05) is 16.9 Å². The fourth-order valence-corrected chi connectivity index (χ4v) is 5.24. The number of hydrogen-bond donors (Lipinski definition) is 2. The summed E-state index contributed by atoms with van der Waals surface area (Å²) < 4.78 is 58.8. The van der Waals surface area contributed by atoms with E-state index in [0.29, 0.717) is 23.6 Å². The fraction of sp³-hybridized carbons (Fsp3) is 0.200. The lowest BCUT2D eigenvalue weighted by molar-refractivity contribution is -0.114. The fourth-order valence-electron chi connectivity index (χ4n) is 3.33. The van der Waals surface area contributed by atoms with Crippen molar-refractivity contribution in [2.24, 2.45) is 0 Å². The van der Waals surface area contributed by atoms with Crippen LogP contribution in [0.25, 0.3) is 0 Å². The highest BCUT2D eigenvalue weighted by Crippen LogP contribution is 2.22. The Kier molecular flexibility index (Phi) is 8.56. The molecule has 0 atom stereocenters. The Bertz CT molecular complexity index is 1490. The van der Waals surface area contributed by atoms with Crippen LogP contribution in [-0.4, -0.2) is 47.9 Å². The van der Waals surface area contributed by atoms with E-state index in [1.165, 1.54) is 49.4 Å². The lowest BCUT2D eigenvalue weighted by Gasteiger charge is -2.22. The van der Waals surface area contributed by atoms with Crippen molar-refractivity contribution in [1.29, 1.82) is 0 Å². The molecule has 0 saturated heterocycles. The molecule has 1 amide bonds. The van der Waals surface area contributed by atoms with Gasteiger partial charge in [-0.05, 0) is 74.5 Å². The minimum Gasteiger partial charge on any atom is -0.494 e. The van der Waals surface area contributed by atoms with Gasteiger partial charge in [0.2, 0.25) is 15.9 Å². The van der Waals surface area contributed by atoms with Crippen LogP contribution in [0.4, 0.5) is 17.1 Å². The van der Waals surface area contributed by atoms with Gasteiger partial charge in [-0.25, -0.2) is 16.8 Å². The highest BCUT2D eigenvalue weighted by atomic mass is 32.2. The van der Waals surface area contributed by atoms with Crippen LogP contribution in [0.15, 0.2) is 77.7 Å². The molecular formula is C25H27N3O7S2. The first-order chi connectivity index (χ1) is 17.4. The molecule has 10 nitrogen and oxygen atoms in total. The van der Waals surface area contributed by atoms with Crippen molar-refractivity contribution >= 4 is 48.8 Å². The molecule has 3 aromatic rings. The average molecular weight is 546 g/mol. The summed E-state index contributed by atoms with van der Waals surface area (Å²) in [5.41, 5.74) is 1.11. The summed E-state index contributed by atoms with van der Waals surface area (Å²) in [5.74, 6) is -0.278. The molecule has 0 aliphatic rings. The third-order valence-electron chi connectivity index (χ3n) is 5.09. The SMILES string of the molecule is CCOc1ccc(NS(=O)(=O)c2ccc(NC(=O)CN(c3cccc(C(C)=O)c3)S(C)(=O)=O)cc2)cc1. The van der Waals surface area contributed by atoms with E-state index in [0.717, 1.165) is 10.6 Å². The van der Waals surface area contributed by atoms with Crippen molar-refractivity contribution in [3.05, 3.63) is 78.4 Å². The van der Waals surface area contributed by atoms with Gasteiger partial charge in [-0.3, -0.25) is 18.6 Å². The van der Waals surface area contributed by atoms with Gasteiger partial charge in [0.25, 0.3) is 10.0 Å². The summed E-state index contributed by atoms with van der Waals surface area (Å²) in [6.07, 6.45) is 0.956. The minimum atomic E-state index is -3.89. The zero-order valence-electron chi connectivity index (χ0n) is 20.5. The van der Waals surface area contributed by atoms with E-state index >= 15 is 0 Å². The summed E-state index contributed by atoms with van der Waals surface area (Å²) in [6, 6.07) is 17.8. The van der Waals surface area contributed by atoms with E-state index in [1.807, 2.05) is 6.92 Å². The van der Waals surface area contributed by atoms with E-state index in [4.69, 9.17) is 4.74 Å². The Hall–Kier alpha value is -3.90. The number of anilines is 3. The number of Topliss-reactive ketones (excluding diaryl/α,β-unsaturated/α-hetero) is 1. The second kappa shape index (κ2) is 11.4. The van der Waals surface area contributed by atoms with E-state index in [2.05, 4.69) is 10.0 Å². The van der Waals surface area contributed by atoms with Gasteiger partial charge in [0.05, 0.1) is 23.4 Å². The van der Waals surface area contributed by atoms with Gasteiger partial charge < -0.3 is 10.1 Å². The molecule has 0 saturated carbocycles. The summed E-state index contributed by atoms with van der Waals surface area (Å²) >= 11 is 0.